The zero-order valence-electron chi connectivity index (χ0n) is 15.6. The molecule has 25 heavy (non-hydrogen) atoms. The molecule has 0 amide bonds. The third kappa shape index (κ3) is 3.22. The Bertz CT molecular complexity index is 970. The Kier molecular flexibility index (Phi) is 3.56. The summed E-state index contributed by atoms with van der Waals surface area (Å²) in [5.74, 6) is -5.25. The van der Waals surface area contributed by atoms with Crippen molar-refractivity contribution in [2.24, 2.45) is 0 Å². The molecule has 0 saturated heterocycles. The largest absolute Gasteiger partial charge is 0.382 e. The minimum atomic E-state index is -3.02. The van der Waals surface area contributed by atoms with Crippen LogP contribution in [0.4, 0.5) is 13.2 Å². The zero-order valence-corrected chi connectivity index (χ0v) is 12.6. The lowest BCUT2D eigenvalue weighted by molar-refractivity contribution is -0.0133. The smallest absolute Gasteiger partial charge is 0.163 e. The summed E-state index contributed by atoms with van der Waals surface area (Å²) in [5, 5.41) is 15.3. The third-order valence-corrected chi connectivity index (χ3v) is 3.71. The van der Waals surface area contributed by atoms with Crippen LogP contribution in [0.15, 0.2) is 43.4 Å². The van der Waals surface area contributed by atoms with Crippen LogP contribution in [-0.2, 0) is 12.1 Å². The van der Waals surface area contributed by atoms with E-state index in [9.17, 15) is 18.3 Å². The number of rotatable bonds is 5. The predicted molar refractivity (Wildman–Crippen MR) is 80.7 cm³/mol. The van der Waals surface area contributed by atoms with Gasteiger partial charge in [-0.25, -0.2) is 32.8 Å². The first-order chi connectivity index (χ1) is 13.1. The molecule has 0 radical (unpaired) electrons. The van der Waals surface area contributed by atoms with Gasteiger partial charge in [-0.05, 0) is 6.07 Å². The van der Waals surface area contributed by atoms with Gasteiger partial charge in [-0.15, -0.1) is 0 Å². The molecule has 0 spiro atoms. The highest BCUT2D eigenvalue weighted by molar-refractivity contribution is 5.30. The Morgan fingerprint density at radius 2 is 2.08 bits per heavy atom. The molecule has 1 aromatic carbocycles. The number of halogens is 3. The molecule has 0 fully saturated rings. The van der Waals surface area contributed by atoms with E-state index >= 15 is 0 Å². The van der Waals surface area contributed by atoms with Crippen molar-refractivity contribution in [3.63, 3.8) is 0 Å². The topological polar surface area (TPSA) is 76.7 Å². The van der Waals surface area contributed by atoms with Gasteiger partial charge in [0, 0.05) is 21.7 Å². The van der Waals surface area contributed by atoms with Crippen molar-refractivity contribution in [2.45, 2.75) is 24.9 Å². The first-order valence-corrected chi connectivity index (χ1v) is 7.08. The number of benzene rings is 1. The maximum atomic E-state index is 14.6. The van der Waals surface area contributed by atoms with Gasteiger partial charge in [0.25, 0.3) is 0 Å². The van der Waals surface area contributed by atoms with Crippen LogP contribution < -0.4 is 0 Å². The molecule has 0 aliphatic carbocycles. The van der Waals surface area contributed by atoms with Crippen LogP contribution in [0.3, 0.4) is 0 Å². The monoisotopic (exact) mass is 353 g/mol. The second-order valence-electron chi connectivity index (χ2n) is 5.33. The molecule has 1 N–H and O–H groups in total. The molecule has 3 aromatic rings. The van der Waals surface area contributed by atoms with Crippen molar-refractivity contribution in [1.82, 2.24) is 24.7 Å². The van der Waals surface area contributed by atoms with Crippen molar-refractivity contribution in [2.75, 3.05) is 0 Å². The minimum Gasteiger partial charge on any atom is -0.382 e. The minimum absolute atomic E-state index is 0.495. The molecular formula is C16H14F3N5O. The average Bonchev–Trinajstić information content (AvgIpc) is 3.08. The summed E-state index contributed by atoms with van der Waals surface area (Å²) in [4.78, 5) is 10.8. The van der Waals surface area contributed by atoms with E-state index in [-0.39, 0.29) is 0 Å². The van der Waals surface area contributed by atoms with E-state index < -0.39 is 53.6 Å². The molecule has 2 atom stereocenters. The Morgan fingerprint density at radius 3 is 2.72 bits per heavy atom. The molecule has 6 nitrogen and oxygen atoms in total. The van der Waals surface area contributed by atoms with Crippen molar-refractivity contribution >= 4 is 0 Å². The average molecular weight is 353 g/mol. The normalized spacial score (nSPS) is 17.2. The summed E-state index contributed by atoms with van der Waals surface area (Å²) in [6.07, 6.45) is 3.93. The molecule has 2 heterocycles. The fourth-order valence-corrected chi connectivity index (χ4v) is 2.49. The zero-order chi connectivity index (χ0) is 20.5. The van der Waals surface area contributed by atoms with Crippen LogP contribution in [0, 0.1) is 17.5 Å². The molecule has 0 aliphatic heterocycles. The number of hydrogen-bond acceptors (Lipinski definition) is 5. The van der Waals surface area contributed by atoms with E-state index in [0.717, 1.165) is 35.7 Å². The second-order valence-corrected chi connectivity index (χ2v) is 5.33. The first kappa shape index (κ1) is 13.5. The fourth-order valence-electron chi connectivity index (χ4n) is 2.49. The number of aliphatic hydroxyl groups is 1. The van der Waals surface area contributed by atoms with Crippen LogP contribution in [0.1, 0.15) is 28.1 Å². The maximum Gasteiger partial charge on any atom is 0.163 e. The molecule has 0 aliphatic rings. The number of hydrogen-bond donors (Lipinski definition) is 1. The Labute approximate surface area is 145 Å². The highest BCUT2D eigenvalue weighted by Gasteiger charge is 2.41. The van der Waals surface area contributed by atoms with Gasteiger partial charge in [-0.1, -0.05) is 12.9 Å². The van der Waals surface area contributed by atoms with Gasteiger partial charge in [-0.3, -0.25) is 0 Å². The standard InChI is InChI=1S/C16H14F3N5O/c1-10(15-14(19)5-20-7-22-15)16(25,6-24-9-21-8-23-24)12-3-2-11(17)4-13(12)18/h2-5,7-10,25H,6H2,1H3/t10-,16+/m0/s1/i1+1D3. The highest BCUT2D eigenvalue weighted by atomic mass is 19.1. The van der Waals surface area contributed by atoms with Crippen LogP contribution in [0.2, 0.25) is 0 Å². The molecule has 3 rings (SSSR count). The fraction of sp³-hybridized carbons (Fsp3) is 0.250. The molecule has 2 aromatic heterocycles. The lowest BCUT2D eigenvalue weighted by Gasteiger charge is -2.34. The summed E-state index contributed by atoms with van der Waals surface area (Å²) in [5.41, 5.74) is -3.77. The summed E-state index contributed by atoms with van der Waals surface area (Å²) in [7, 11) is 0. The van der Waals surface area contributed by atoms with E-state index in [2.05, 4.69) is 20.1 Å². The predicted octanol–water partition coefficient (Wildman–Crippen LogP) is 2.18. The van der Waals surface area contributed by atoms with Crippen molar-refractivity contribution in [3.05, 3.63) is 72.1 Å². The van der Waals surface area contributed by atoms with Crippen LogP contribution in [0.5, 0.6) is 0 Å². The Balaban J connectivity index is 2.27. The SMILES string of the molecule is [2H][13C]([2H])([2H])[C@@H](c1ncncc1F)[C@](O)(Cn1cncn1)c1ccc(F)cc1F. The van der Waals surface area contributed by atoms with Crippen molar-refractivity contribution < 1.29 is 22.4 Å². The maximum absolute atomic E-state index is 14.6. The van der Waals surface area contributed by atoms with Crippen LogP contribution in [0.25, 0.3) is 0 Å². The van der Waals surface area contributed by atoms with Crippen LogP contribution in [-0.4, -0.2) is 29.8 Å². The molecule has 9 heteroatoms. The summed E-state index contributed by atoms with van der Waals surface area (Å²) in [6.45, 7) is -3.63. The third-order valence-electron chi connectivity index (χ3n) is 3.71. The lowest BCUT2D eigenvalue weighted by atomic mass is 9.82. The number of nitrogens with zero attached hydrogens (tertiary/aromatic N) is 5. The first-order valence-electron chi connectivity index (χ1n) is 8.58. The highest BCUT2D eigenvalue weighted by Crippen LogP contribution is 2.39. The summed E-state index contributed by atoms with van der Waals surface area (Å²) < 4.78 is 67.0. The van der Waals surface area contributed by atoms with Gasteiger partial charge in [0.05, 0.1) is 18.4 Å². The Hall–Kier alpha value is -2.81. The molecule has 130 valence electrons. The molecule has 0 saturated carbocycles. The van der Waals surface area contributed by atoms with Gasteiger partial charge in [0.15, 0.2) is 5.82 Å². The lowest BCUT2D eigenvalue weighted by Crippen LogP contribution is -2.39. The van der Waals surface area contributed by atoms with Crippen molar-refractivity contribution in [1.29, 1.82) is 0 Å². The van der Waals surface area contributed by atoms with Gasteiger partial charge < -0.3 is 5.11 Å². The van der Waals surface area contributed by atoms with E-state index in [4.69, 9.17) is 4.11 Å². The quantitative estimate of drug-likeness (QED) is 0.712. The molecule has 0 bridgehead atoms. The molecular weight excluding hydrogens is 336 g/mol. The Morgan fingerprint density at radius 1 is 1.24 bits per heavy atom. The van der Waals surface area contributed by atoms with Crippen molar-refractivity contribution in [3.8, 4) is 0 Å². The van der Waals surface area contributed by atoms with Gasteiger partial charge in [0.2, 0.25) is 0 Å². The number of aromatic nitrogens is 5. The van der Waals surface area contributed by atoms with Crippen LogP contribution >= 0.6 is 0 Å². The molecule has 0 unspecified atom stereocenters. The van der Waals surface area contributed by atoms with E-state index in [1.807, 2.05) is 0 Å². The summed E-state index contributed by atoms with van der Waals surface area (Å²) >= 11 is 0. The second kappa shape index (κ2) is 6.60. The summed E-state index contributed by atoms with van der Waals surface area (Å²) in [6, 6.07) is 2.26. The van der Waals surface area contributed by atoms with E-state index in [1.54, 1.807) is 0 Å². The van der Waals surface area contributed by atoms with E-state index in [1.165, 1.54) is 6.33 Å². The van der Waals surface area contributed by atoms with Gasteiger partial charge in [-0.2, -0.15) is 5.10 Å². The van der Waals surface area contributed by atoms with E-state index in [0.29, 0.717) is 6.07 Å². The van der Waals surface area contributed by atoms with Gasteiger partial charge >= 0.3 is 0 Å². The van der Waals surface area contributed by atoms with Gasteiger partial charge in [0.1, 0.15) is 36.2 Å².